The quantitative estimate of drug-likeness (QED) is 0.712. The van der Waals surface area contributed by atoms with Gasteiger partial charge in [-0.05, 0) is 43.1 Å². The molecule has 3 aromatic rings. The molecule has 0 amide bonds. The van der Waals surface area contributed by atoms with Crippen LogP contribution >= 0.6 is 0 Å². The van der Waals surface area contributed by atoms with E-state index in [0.29, 0.717) is 0 Å². The molecule has 0 atom stereocenters. The molecule has 0 aliphatic rings. The molecular formula is C15H17N3O. The van der Waals surface area contributed by atoms with Crippen molar-refractivity contribution in [3.05, 3.63) is 59.9 Å². The highest BCUT2D eigenvalue weighted by Gasteiger charge is 2.02. The second kappa shape index (κ2) is 5.28. The van der Waals surface area contributed by atoms with E-state index in [1.165, 1.54) is 16.8 Å². The van der Waals surface area contributed by atoms with Gasteiger partial charge < -0.3 is 14.1 Å². The molecule has 19 heavy (non-hydrogen) atoms. The Labute approximate surface area is 112 Å². The first-order valence-corrected chi connectivity index (χ1v) is 6.47. The van der Waals surface area contributed by atoms with Crippen LogP contribution in [0.15, 0.2) is 47.5 Å². The summed E-state index contributed by atoms with van der Waals surface area (Å²) >= 11 is 0. The molecule has 1 N–H and O–H groups in total. The Hall–Kier alpha value is -2.07. The third kappa shape index (κ3) is 2.69. The summed E-state index contributed by atoms with van der Waals surface area (Å²) in [6.07, 6.45) is 8.53. The smallest absolute Gasteiger partial charge is 0.136 e. The minimum atomic E-state index is 0.822. The number of aromatic nitrogens is 2. The molecule has 0 aliphatic carbocycles. The van der Waals surface area contributed by atoms with Crippen molar-refractivity contribution in [3.63, 3.8) is 0 Å². The molecule has 4 heteroatoms. The van der Waals surface area contributed by atoms with Crippen molar-refractivity contribution in [2.75, 3.05) is 6.54 Å². The zero-order chi connectivity index (χ0) is 13.1. The van der Waals surface area contributed by atoms with Crippen LogP contribution in [-0.2, 0) is 13.0 Å². The van der Waals surface area contributed by atoms with Gasteiger partial charge in [0.1, 0.15) is 5.65 Å². The van der Waals surface area contributed by atoms with Crippen LogP contribution in [0.25, 0.3) is 5.65 Å². The summed E-state index contributed by atoms with van der Waals surface area (Å²) in [6.45, 7) is 3.84. The molecular weight excluding hydrogens is 238 g/mol. The first kappa shape index (κ1) is 12.0. The second-order valence-electron chi connectivity index (χ2n) is 4.74. The molecule has 98 valence electrons. The van der Waals surface area contributed by atoms with Crippen LogP contribution < -0.4 is 5.32 Å². The van der Waals surface area contributed by atoms with E-state index < -0.39 is 0 Å². The van der Waals surface area contributed by atoms with Gasteiger partial charge in [-0.25, -0.2) is 4.98 Å². The second-order valence-corrected chi connectivity index (χ2v) is 4.74. The van der Waals surface area contributed by atoms with Crippen molar-refractivity contribution in [1.82, 2.24) is 14.7 Å². The molecule has 3 rings (SSSR count). The number of nitrogens with one attached hydrogen (secondary N) is 1. The topological polar surface area (TPSA) is 42.5 Å². The van der Waals surface area contributed by atoms with Crippen LogP contribution in [0.5, 0.6) is 0 Å². The van der Waals surface area contributed by atoms with Crippen LogP contribution in [-0.4, -0.2) is 15.9 Å². The van der Waals surface area contributed by atoms with Crippen molar-refractivity contribution in [3.8, 4) is 0 Å². The molecule has 0 fully saturated rings. The van der Waals surface area contributed by atoms with Crippen molar-refractivity contribution in [2.24, 2.45) is 0 Å². The van der Waals surface area contributed by atoms with E-state index in [0.717, 1.165) is 25.2 Å². The maximum Gasteiger partial charge on any atom is 0.136 e. The van der Waals surface area contributed by atoms with Crippen molar-refractivity contribution < 1.29 is 4.42 Å². The Morgan fingerprint density at radius 3 is 3.11 bits per heavy atom. The van der Waals surface area contributed by atoms with Crippen LogP contribution in [0, 0.1) is 6.92 Å². The summed E-state index contributed by atoms with van der Waals surface area (Å²) in [5.74, 6) is 0. The third-order valence-corrected chi connectivity index (χ3v) is 3.21. The Morgan fingerprint density at radius 2 is 2.26 bits per heavy atom. The lowest BCUT2D eigenvalue weighted by atomic mass is 10.2. The number of nitrogens with zero attached hydrogens (tertiary/aromatic N) is 2. The largest absolute Gasteiger partial charge is 0.472 e. The van der Waals surface area contributed by atoms with Gasteiger partial charge in [0.25, 0.3) is 0 Å². The predicted octanol–water partition coefficient (Wildman–Crippen LogP) is 2.57. The van der Waals surface area contributed by atoms with Crippen LogP contribution in [0.1, 0.15) is 16.8 Å². The molecule has 3 aromatic heterocycles. The molecule has 3 heterocycles. The van der Waals surface area contributed by atoms with Crippen molar-refractivity contribution >= 4 is 5.65 Å². The van der Waals surface area contributed by atoms with Crippen LogP contribution in [0.3, 0.4) is 0 Å². The van der Waals surface area contributed by atoms with E-state index in [4.69, 9.17) is 4.42 Å². The van der Waals surface area contributed by atoms with Gasteiger partial charge >= 0.3 is 0 Å². The zero-order valence-corrected chi connectivity index (χ0v) is 11.0. The molecule has 0 spiro atoms. The molecule has 0 saturated carbocycles. The van der Waals surface area contributed by atoms with E-state index in [1.807, 2.05) is 18.3 Å². The average Bonchev–Trinajstić information content (AvgIpc) is 3.04. The van der Waals surface area contributed by atoms with E-state index in [9.17, 15) is 0 Å². The third-order valence-electron chi connectivity index (χ3n) is 3.21. The zero-order valence-electron chi connectivity index (χ0n) is 11.0. The number of aryl methyl sites for hydroxylation is 1. The Balaban J connectivity index is 1.60. The highest BCUT2D eigenvalue weighted by atomic mass is 16.3. The summed E-state index contributed by atoms with van der Waals surface area (Å²) in [4.78, 5) is 4.40. The molecule has 0 aromatic carbocycles. The highest BCUT2D eigenvalue weighted by molar-refractivity contribution is 5.41. The fourth-order valence-corrected chi connectivity index (χ4v) is 2.15. The predicted molar refractivity (Wildman–Crippen MR) is 74.0 cm³/mol. The summed E-state index contributed by atoms with van der Waals surface area (Å²) in [5.41, 5.74) is 4.65. The molecule has 0 bridgehead atoms. The highest BCUT2D eigenvalue weighted by Crippen LogP contribution is 2.08. The number of imidazole rings is 1. The standard InChI is InChI=1S/C15H17N3O/c1-12-2-3-15-17-9-14(18(15)10-12)8-16-6-4-13-5-7-19-11-13/h2-3,5,7,9-11,16H,4,6,8H2,1H3. The summed E-state index contributed by atoms with van der Waals surface area (Å²) in [6, 6.07) is 6.13. The molecule has 0 radical (unpaired) electrons. The summed E-state index contributed by atoms with van der Waals surface area (Å²) < 4.78 is 7.19. The number of furan rings is 1. The van der Waals surface area contributed by atoms with E-state index >= 15 is 0 Å². The summed E-state index contributed by atoms with van der Waals surface area (Å²) in [5, 5.41) is 3.44. The van der Waals surface area contributed by atoms with Gasteiger partial charge in [-0.1, -0.05) is 6.07 Å². The molecule has 0 aliphatic heterocycles. The van der Waals surface area contributed by atoms with Crippen LogP contribution in [0.4, 0.5) is 0 Å². The molecule has 0 saturated heterocycles. The van der Waals surface area contributed by atoms with Gasteiger partial charge in [-0.3, -0.25) is 0 Å². The maximum atomic E-state index is 5.05. The Morgan fingerprint density at radius 1 is 1.32 bits per heavy atom. The fraction of sp³-hybridized carbons (Fsp3) is 0.267. The fourth-order valence-electron chi connectivity index (χ4n) is 2.15. The number of hydrogen-bond donors (Lipinski definition) is 1. The van der Waals surface area contributed by atoms with Gasteiger partial charge in [0.15, 0.2) is 0 Å². The number of hydrogen-bond acceptors (Lipinski definition) is 3. The molecule has 0 unspecified atom stereocenters. The minimum absolute atomic E-state index is 0.822. The SMILES string of the molecule is Cc1ccc2ncc(CNCCc3ccoc3)n2c1. The first-order chi connectivity index (χ1) is 9.33. The van der Waals surface area contributed by atoms with Crippen LogP contribution in [0.2, 0.25) is 0 Å². The number of fused-ring (bicyclic) bond motifs is 1. The number of pyridine rings is 1. The maximum absolute atomic E-state index is 5.05. The van der Waals surface area contributed by atoms with Gasteiger partial charge in [0.2, 0.25) is 0 Å². The van der Waals surface area contributed by atoms with E-state index in [2.05, 4.69) is 33.9 Å². The average molecular weight is 255 g/mol. The monoisotopic (exact) mass is 255 g/mol. The lowest BCUT2D eigenvalue weighted by molar-refractivity contribution is 0.562. The lowest BCUT2D eigenvalue weighted by Gasteiger charge is -2.04. The lowest BCUT2D eigenvalue weighted by Crippen LogP contribution is -2.17. The molecule has 4 nitrogen and oxygen atoms in total. The number of rotatable bonds is 5. The van der Waals surface area contributed by atoms with Crippen molar-refractivity contribution in [1.29, 1.82) is 0 Å². The Kier molecular flexibility index (Phi) is 3.33. The summed E-state index contributed by atoms with van der Waals surface area (Å²) in [7, 11) is 0. The van der Waals surface area contributed by atoms with Crippen molar-refractivity contribution in [2.45, 2.75) is 19.9 Å². The van der Waals surface area contributed by atoms with Gasteiger partial charge in [-0.2, -0.15) is 0 Å². The minimum Gasteiger partial charge on any atom is -0.472 e. The van der Waals surface area contributed by atoms with E-state index in [1.54, 1.807) is 12.5 Å². The Bertz CT molecular complexity index is 655. The van der Waals surface area contributed by atoms with Gasteiger partial charge in [-0.15, -0.1) is 0 Å². The van der Waals surface area contributed by atoms with E-state index in [-0.39, 0.29) is 0 Å². The van der Waals surface area contributed by atoms with Gasteiger partial charge in [0, 0.05) is 12.7 Å². The van der Waals surface area contributed by atoms with Gasteiger partial charge in [0.05, 0.1) is 24.4 Å². The first-order valence-electron chi connectivity index (χ1n) is 6.47. The normalized spacial score (nSPS) is 11.2.